The van der Waals surface area contributed by atoms with E-state index in [0.717, 1.165) is 57.1 Å². The van der Waals surface area contributed by atoms with Crippen molar-refractivity contribution < 1.29 is 0 Å². The molecule has 1 aromatic carbocycles. The molecule has 2 aliphatic rings. The van der Waals surface area contributed by atoms with Gasteiger partial charge in [0.15, 0.2) is 5.96 Å². The van der Waals surface area contributed by atoms with E-state index in [-0.39, 0.29) is 24.0 Å². The fraction of sp³-hybridized carbons (Fsp3) is 0.696. The highest BCUT2D eigenvalue weighted by molar-refractivity contribution is 14.0. The number of piperazine rings is 1. The molecule has 6 heteroatoms. The van der Waals surface area contributed by atoms with Crippen LogP contribution in [0, 0.1) is 11.8 Å². The van der Waals surface area contributed by atoms with Crippen LogP contribution in [-0.4, -0.2) is 80.1 Å². The molecule has 0 saturated carbocycles. The zero-order valence-electron chi connectivity index (χ0n) is 18.5. The van der Waals surface area contributed by atoms with Crippen molar-refractivity contribution in [3.63, 3.8) is 0 Å². The number of likely N-dealkylation sites (tertiary alicyclic amines) is 1. The molecule has 0 aromatic heterocycles. The van der Waals surface area contributed by atoms with E-state index < -0.39 is 0 Å². The monoisotopic (exact) mass is 513 g/mol. The minimum Gasteiger partial charge on any atom is -0.356 e. The van der Waals surface area contributed by atoms with E-state index in [4.69, 9.17) is 0 Å². The molecule has 2 fully saturated rings. The second-order valence-corrected chi connectivity index (χ2v) is 8.84. The normalized spacial score (nSPS) is 21.9. The molecule has 164 valence electrons. The van der Waals surface area contributed by atoms with E-state index in [0.29, 0.717) is 0 Å². The lowest BCUT2D eigenvalue weighted by Crippen LogP contribution is -2.53. The van der Waals surface area contributed by atoms with Gasteiger partial charge in [-0.15, -0.1) is 24.0 Å². The molecule has 2 saturated heterocycles. The smallest absolute Gasteiger partial charge is 0.193 e. The molecule has 2 aliphatic heterocycles. The molecule has 0 aliphatic carbocycles. The van der Waals surface area contributed by atoms with Crippen molar-refractivity contribution in [2.24, 2.45) is 16.8 Å². The van der Waals surface area contributed by atoms with Crippen molar-refractivity contribution in [1.82, 2.24) is 20.0 Å². The Morgan fingerprint density at radius 1 is 1.07 bits per heavy atom. The number of hydrogen-bond donors (Lipinski definition) is 1. The van der Waals surface area contributed by atoms with Gasteiger partial charge in [-0.1, -0.05) is 44.2 Å². The minimum atomic E-state index is 0. The summed E-state index contributed by atoms with van der Waals surface area (Å²) < 4.78 is 0. The molecule has 29 heavy (non-hydrogen) atoms. The summed E-state index contributed by atoms with van der Waals surface area (Å²) in [6, 6.07) is 10.8. The first-order valence-electron chi connectivity index (χ1n) is 11.1. The molecular weight excluding hydrogens is 473 g/mol. The van der Waals surface area contributed by atoms with Crippen LogP contribution in [0.25, 0.3) is 0 Å². The van der Waals surface area contributed by atoms with Crippen LogP contribution in [0.1, 0.15) is 32.3 Å². The third kappa shape index (κ3) is 8.06. The van der Waals surface area contributed by atoms with E-state index in [1.807, 2.05) is 7.05 Å². The van der Waals surface area contributed by atoms with Gasteiger partial charge in [0.1, 0.15) is 0 Å². The Balaban J connectivity index is 0.00000300. The van der Waals surface area contributed by atoms with Gasteiger partial charge in [0.25, 0.3) is 0 Å². The van der Waals surface area contributed by atoms with Crippen LogP contribution in [0.3, 0.4) is 0 Å². The molecule has 1 unspecified atom stereocenters. The second kappa shape index (κ2) is 12.7. The fourth-order valence-corrected chi connectivity index (χ4v) is 4.53. The lowest BCUT2D eigenvalue weighted by molar-refractivity contribution is 0.155. The van der Waals surface area contributed by atoms with Gasteiger partial charge in [-0.3, -0.25) is 9.89 Å². The predicted octanol–water partition coefficient (Wildman–Crippen LogP) is 3.37. The third-order valence-electron chi connectivity index (χ3n) is 5.91. The average molecular weight is 514 g/mol. The van der Waals surface area contributed by atoms with E-state index in [1.165, 1.54) is 38.0 Å². The van der Waals surface area contributed by atoms with E-state index >= 15 is 0 Å². The summed E-state index contributed by atoms with van der Waals surface area (Å²) in [5.74, 6) is 2.58. The number of guanidine groups is 1. The molecule has 5 nitrogen and oxygen atoms in total. The van der Waals surface area contributed by atoms with Crippen LogP contribution in [0.15, 0.2) is 35.3 Å². The Morgan fingerprint density at radius 2 is 1.79 bits per heavy atom. The number of piperidine rings is 1. The quantitative estimate of drug-likeness (QED) is 0.360. The van der Waals surface area contributed by atoms with Crippen LogP contribution in [0.4, 0.5) is 0 Å². The highest BCUT2D eigenvalue weighted by Gasteiger charge is 2.23. The van der Waals surface area contributed by atoms with Crippen molar-refractivity contribution in [2.45, 2.75) is 33.2 Å². The summed E-state index contributed by atoms with van der Waals surface area (Å²) in [4.78, 5) is 12.2. The van der Waals surface area contributed by atoms with Crippen molar-refractivity contribution in [2.75, 3.05) is 59.4 Å². The van der Waals surface area contributed by atoms with Crippen LogP contribution in [0.2, 0.25) is 0 Å². The summed E-state index contributed by atoms with van der Waals surface area (Å²) in [6.45, 7) is 14.8. The maximum absolute atomic E-state index is 4.57. The van der Waals surface area contributed by atoms with Crippen molar-refractivity contribution in [1.29, 1.82) is 0 Å². The van der Waals surface area contributed by atoms with Gasteiger partial charge in [0.05, 0.1) is 0 Å². The summed E-state index contributed by atoms with van der Waals surface area (Å²) in [7, 11) is 1.92. The van der Waals surface area contributed by atoms with E-state index in [9.17, 15) is 0 Å². The number of aliphatic imine (C=N–C) groups is 1. The lowest BCUT2D eigenvalue weighted by Gasteiger charge is -2.38. The summed E-state index contributed by atoms with van der Waals surface area (Å²) in [5, 5.41) is 3.68. The fourth-order valence-electron chi connectivity index (χ4n) is 4.53. The number of halogens is 1. The molecular formula is C23H40IN5. The highest BCUT2D eigenvalue weighted by atomic mass is 127. The molecule has 0 spiro atoms. The van der Waals surface area contributed by atoms with Crippen LogP contribution in [0.5, 0.6) is 0 Å². The van der Waals surface area contributed by atoms with Crippen molar-refractivity contribution in [3.8, 4) is 0 Å². The number of benzene rings is 1. The average Bonchev–Trinajstić information content (AvgIpc) is 2.70. The second-order valence-electron chi connectivity index (χ2n) is 8.84. The first-order valence-corrected chi connectivity index (χ1v) is 11.1. The molecule has 3 rings (SSSR count). The Hall–Kier alpha value is -0.860. The SMILES string of the molecule is CN=C(NCC1CCCN(CC(C)C)C1)N1CCN(Cc2ccccc2)CC1.I. The molecule has 0 amide bonds. The molecule has 1 aromatic rings. The Morgan fingerprint density at radius 3 is 2.45 bits per heavy atom. The molecule has 1 N–H and O–H groups in total. The topological polar surface area (TPSA) is 34.1 Å². The minimum absolute atomic E-state index is 0. The third-order valence-corrected chi connectivity index (χ3v) is 5.91. The zero-order valence-corrected chi connectivity index (χ0v) is 20.8. The first kappa shape index (κ1) is 24.4. The van der Waals surface area contributed by atoms with Gasteiger partial charge < -0.3 is 15.1 Å². The molecule has 0 bridgehead atoms. The number of nitrogens with one attached hydrogen (secondary N) is 1. The van der Waals surface area contributed by atoms with E-state index in [2.05, 4.69) is 69.2 Å². The van der Waals surface area contributed by atoms with Crippen LogP contribution >= 0.6 is 24.0 Å². The summed E-state index contributed by atoms with van der Waals surface area (Å²) in [5.41, 5.74) is 1.40. The van der Waals surface area contributed by atoms with Crippen LogP contribution < -0.4 is 5.32 Å². The Kier molecular flexibility index (Phi) is 10.7. The van der Waals surface area contributed by atoms with Gasteiger partial charge in [0, 0.05) is 59.4 Å². The van der Waals surface area contributed by atoms with Crippen LogP contribution in [-0.2, 0) is 6.54 Å². The standard InChI is InChI=1S/C23H39N5.HI/c1-20(2)17-27-11-7-10-22(19-27)16-25-23(24-3)28-14-12-26(13-15-28)18-21-8-5-4-6-9-21;/h4-6,8-9,20,22H,7,10-19H2,1-3H3,(H,24,25);1H. The number of hydrogen-bond acceptors (Lipinski definition) is 3. The Labute approximate surface area is 194 Å². The van der Waals surface area contributed by atoms with Gasteiger partial charge >= 0.3 is 0 Å². The predicted molar refractivity (Wildman–Crippen MR) is 134 cm³/mol. The zero-order chi connectivity index (χ0) is 19.8. The number of rotatable bonds is 6. The lowest BCUT2D eigenvalue weighted by atomic mass is 9.97. The highest BCUT2D eigenvalue weighted by Crippen LogP contribution is 2.17. The maximum Gasteiger partial charge on any atom is 0.193 e. The Bertz CT molecular complexity index is 599. The maximum atomic E-state index is 4.57. The van der Waals surface area contributed by atoms with Crippen molar-refractivity contribution in [3.05, 3.63) is 35.9 Å². The van der Waals surface area contributed by atoms with E-state index in [1.54, 1.807) is 0 Å². The van der Waals surface area contributed by atoms with Gasteiger partial charge in [-0.25, -0.2) is 0 Å². The number of nitrogens with zero attached hydrogens (tertiary/aromatic N) is 4. The van der Waals surface area contributed by atoms with Gasteiger partial charge in [-0.05, 0) is 36.8 Å². The van der Waals surface area contributed by atoms with Crippen molar-refractivity contribution >= 4 is 29.9 Å². The van der Waals surface area contributed by atoms with Gasteiger partial charge in [-0.2, -0.15) is 0 Å². The van der Waals surface area contributed by atoms with Gasteiger partial charge in [0.2, 0.25) is 0 Å². The molecule has 0 radical (unpaired) electrons. The molecule has 1 atom stereocenters. The molecule has 2 heterocycles. The first-order chi connectivity index (χ1) is 13.6. The summed E-state index contributed by atoms with van der Waals surface area (Å²) >= 11 is 0. The summed E-state index contributed by atoms with van der Waals surface area (Å²) in [6.07, 6.45) is 2.67. The largest absolute Gasteiger partial charge is 0.356 e.